The number of hydrogen-bond donors (Lipinski definition) is 2. The topological polar surface area (TPSA) is 63.4 Å². The highest BCUT2D eigenvalue weighted by Gasteiger charge is 2.26. The van der Waals surface area contributed by atoms with Crippen molar-refractivity contribution in [3.8, 4) is 11.1 Å². The van der Waals surface area contributed by atoms with Crippen molar-refractivity contribution in [3.05, 3.63) is 82.9 Å². The molecule has 1 saturated heterocycles. The Balaban J connectivity index is 0.000000211. The number of fused-ring (bicyclic) bond motifs is 1. The number of amides is 1. The maximum absolute atomic E-state index is 12.6. The van der Waals surface area contributed by atoms with Gasteiger partial charge in [-0.3, -0.25) is 9.00 Å². The Labute approximate surface area is 229 Å². The molecule has 1 fully saturated rings. The molecule has 8 heteroatoms. The minimum absolute atomic E-state index is 0.0600. The first-order valence-electron chi connectivity index (χ1n) is 11.7. The lowest BCUT2D eigenvalue weighted by atomic mass is 10.0. The number of likely N-dealkylation sites (tertiary alicyclic amines) is 1. The molecule has 2 unspecified atom stereocenters. The highest BCUT2D eigenvalue weighted by Crippen LogP contribution is 2.34. The van der Waals surface area contributed by atoms with Crippen molar-refractivity contribution in [2.45, 2.75) is 22.4 Å². The Morgan fingerprint density at radius 3 is 2.56 bits per heavy atom. The molecule has 5 rings (SSSR count). The second-order valence-electron chi connectivity index (χ2n) is 8.84. The maximum atomic E-state index is 12.6. The van der Waals surface area contributed by atoms with Crippen molar-refractivity contribution in [1.82, 2.24) is 4.90 Å². The van der Waals surface area contributed by atoms with Crippen molar-refractivity contribution in [3.63, 3.8) is 0 Å². The van der Waals surface area contributed by atoms with Gasteiger partial charge in [0.25, 0.3) is 5.91 Å². The summed E-state index contributed by atoms with van der Waals surface area (Å²) in [5.74, 6) is 0.476. The predicted octanol–water partition coefficient (Wildman–Crippen LogP) is 6.66. The van der Waals surface area contributed by atoms with E-state index in [2.05, 4.69) is 19.6 Å². The summed E-state index contributed by atoms with van der Waals surface area (Å²) in [6.45, 7) is 4.22. The molecule has 4 nitrogen and oxygen atoms in total. The largest absolute Gasteiger partial charge is 0.338 e. The van der Waals surface area contributed by atoms with Gasteiger partial charge in [0, 0.05) is 39.5 Å². The number of nitrogens with two attached hydrogens (primary N) is 1. The highest BCUT2D eigenvalue weighted by molar-refractivity contribution is 7.84. The van der Waals surface area contributed by atoms with Crippen molar-refractivity contribution in [2.75, 3.05) is 25.9 Å². The first-order valence-corrected chi connectivity index (χ1v) is 14.9. The van der Waals surface area contributed by atoms with Gasteiger partial charge in [-0.2, -0.15) is 0 Å². The van der Waals surface area contributed by atoms with Crippen LogP contribution in [0.4, 0.5) is 0 Å². The fourth-order valence-corrected chi connectivity index (χ4v) is 6.60. The van der Waals surface area contributed by atoms with Gasteiger partial charge in [0.05, 0.1) is 15.0 Å². The van der Waals surface area contributed by atoms with Gasteiger partial charge in [0.15, 0.2) is 0 Å². The minimum atomic E-state index is -1.05. The van der Waals surface area contributed by atoms with Crippen LogP contribution >= 0.6 is 35.6 Å². The van der Waals surface area contributed by atoms with E-state index >= 15 is 0 Å². The molecule has 188 valence electrons. The summed E-state index contributed by atoms with van der Waals surface area (Å²) in [5, 5.41) is 2.01. The standard InChI is InChI=1S/C19H22N2O2S.C9H7ClS2/c1-24(23)18-5-3-2-4-17(18)15-6-8-16(9-7-15)19(22)21-11-10-14(12-20)13-21;1-5-7-4-6(10)2-3-8(7)12-9(5)11/h2-9,14H,10-13,20H2,1H3;2-4,11H,1H3. The van der Waals surface area contributed by atoms with E-state index in [1.165, 1.54) is 15.6 Å². The summed E-state index contributed by atoms with van der Waals surface area (Å²) in [4.78, 5) is 15.3. The fourth-order valence-electron chi connectivity index (χ4n) is 4.32. The quantitative estimate of drug-likeness (QED) is 0.276. The average molecular weight is 557 g/mol. The molecule has 2 N–H and O–H groups in total. The number of halogens is 1. The zero-order valence-corrected chi connectivity index (χ0v) is 23.5. The zero-order chi connectivity index (χ0) is 25.8. The molecular formula is C28H29ClN2O2S3. The third-order valence-corrected chi connectivity index (χ3v) is 9.31. The van der Waals surface area contributed by atoms with Crippen molar-refractivity contribution in [1.29, 1.82) is 0 Å². The lowest BCUT2D eigenvalue weighted by molar-refractivity contribution is 0.0787. The fraction of sp³-hybridized carbons (Fsp3) is 0.250. The molecule has 1 aliphatic rings. The molecule has 1 amide bonds. The van der Waals surface area contributed by atoms with E-state index in [1.54, 1.807) is 17.6 Å². The van der Waals surface area contributed by atoms with Gasteiger partial charge >= 0.3 is 0 Å². The van der Waals surface area contributed by atoms with Crippen LogP contribution in [0.5, 0.6) is 0 Å². The second kappa shape index (κ2) is 11.9. The number of hydrogen-bond acceptors (Lipinski definition) is 5. The van der Waals surface area contributed by atoms with Gasteiger partial charge in [-0.25, -0.2) is 0 Å². The van der Waals surface area contributed by atoms with Crippen molar-refractivity contribution >= 4 is 62.4 Å². The minimum Gasteiger partial charge on any atom is -0.338 e. The molecule has 4 aromatic rings. The van der Waals surface area contributed by atoms with E-state index < -0.39 is 10.8 Å². The van der Waals surface area contributed by atoms with Crippen LogP contribution in [0.1, 0.15) is 22.3 Å². The number of carbonyl (C=O) groups is 1. The number of nitrogens with zero attached hydrogens (tertiary/aromatic N) is 1. The third-order valence-electron chi connectivity index (χ3n) is 6.42. The van der Waals surface area contributed by atoms with E-state index in [1.807, 2.05) is 71.6 Å². The van der Waals surface area contributed by atoms with E-state index in [0.29, 0.717) is 18.0 Å². The number of carbonyl (C=O) groups excluding carboxylic acids is 1. The van der Waals surface area contributed by atoms with Gasteiger partial charge in [0.1, 0.15) is 0 Å². The molecule has 36 heavy (non-hydrogen) atoms. The highest BCUT2D eigenvalue weighted by atomic mass is 35.5. The maximum Gasteiger partial charge on any atom is 0.253 e. The molecule has 0 spiro atoms. The molecule has 1 aliphatic heterocycles. The number of thiol groups is 1. The van der Waals surface area contributed by atoms with Crippen LogP contribution in [0.2, 0.25) is 5.02 Å². The van der Waals surface area contributed by atoms with Crippen LogP contribution in [0.3, 0.4) is 0 Å². The summed E-state index contributed by atoms with van der Waals surface area (Å²) >= 11 is 11.9. The molecule has 2 heterocycles. The van der Waals surface area contributed by atoms with E-state index in [9.17, 15) is 9.00 Å². The lowest BCUT2D eigenvalue weighted by Crippen LogP contribution is -2.29. The SMILES string of the molecule is CS(=O)c1ccccc1-c1ccc(C(=O)N2CCC(CN)C2)cc1.Cc1c(S)sc2ccc(Cl)cc12. The number of aryl methyl sites for hydroxylation is 1. The van der Waals surface area contributed by atoms with Gasteiger partial charge < -0.3 is 10.6 Å². The Bertz CT molecular complexity index is 1400. The van der Waals surface area contributed by atoms with Crippen molar-refractivity contribution < 1.29 is 9.00 Å². The van der Waals surface area contributed by atoms with Crippen molar-refractivity contribution in [2.24, 2.45) is 11.7 Å². The van der Waals surface area contributed by atoms with Gasteiger partial charge in [0.2, 0.25) is 0 Å². The Morgan fingerprint density at radius 2 is 1.89 bits per heavy atom. The summed E-state index contributed by atoms with van der Waals surface area (Å²) in [6, 6.07) is 21.1. The molecule has 0 saturated carbocycles. The van der Waals surface area contributed by atoms with Gasteiger partial charge in [-0.15, -0.1) is 24.0 Å². The second-order valence-corrected chi connectivity index (χ2v) is 12.4. The van der Waals surface area contributed by atoms with Crippen LogP contribution in [-0.2, 0) is 10.8 Å². The van der Waals surface area contributed by atoms with Crippen LogP contribution in [-0.4, -0.2) is 40.9 Å². The van der Waals surface area contributed by atoms with Crippen LogP contribution in [0, 0.1) is 12.8 Å². The number of thiophene rings is 1. The van der Waals surface area contributed by atoms with E-state index in [0.717, 1.165) is 44.8 Å². The molecule has 2 atom stereocenters. The summed E-state index contributed by atoms with van der Waals surface area (Å²) < 4.78 is 14.2. The molecule has 0 radical (unpaired) electrons. The molecule has 3 aromatic carbocycles. The zero-order valence-electron chi connectivity index (χ0n) is 20.2. The van der Waals surface area contributed by atoms with Gasteiger partial charge in [-0.05, 0) is 84.3 Å². The van der Waals surface area contributed by atoms with Crippen LogP contribution in [0.15, 0.2) is 75.8 Å². The van der Waals surface area contributed by atoms with Gasteiger partial charge in [-0.1, -0.05) is 41.9 Å². The van der Waals surface area contributed by atoms with E-state index in [4.69, 9.17) is 17.3 Å². The monoisotopic (exact) mass is 556 g/mol. The normalized spacial score (nSPS) is 16.0. The molecule has 1 aromatic heterocycles. The lowest BCUT2D eigenvalue weighted by Gasteiger charge is -2.16. The Hall–Kier alpha value is -2.16. The number of rotatable bonds is 4. The number of benzene rings is 3. The Morgan fingerprint density at radius 1 is 1.17 bits per heavy atom. The molecule has 0 bridgehead atoms. The van der Waals surface area contributed by atoms with Crippen LogP contribution < -0.4 is 5.73 Å². The first-order chi connectivity index (χ1) is 17.3. The van der Waals surface area contributed by atoms with E-state index in [-0.39, 0.29) is 5.91 Å². The summed E-state index contributed by atoms with van der Waals surface area (Å²) in [7, 11) is -1.05. The third kappa shape index (κ3) is 6.03. The first kappa shape index (κ1) is 26.9. The molecular weight excluding hydrogens is 528 g/mol. The summed E-state index contributed by atoms with van der Waals surface area (Å²) in [6.07, 6.45) is 2.66. The average Bonchev–Trinajstić information content (AvgIpc) is 3.49. The Kier molecular flexibility index (Phi) is 8.91. The van der Waals surface area contributed by atoms with Crippen LogP contribution in [0.25, 0.3) is 21.2 Å². The smallest absolute Gasteiger partial charge is 0.253 e. The predicted molar refractivity (Wildman–Crippen MR) is 156 cm³/mol. The summed E-state index contributed by atoms with van der Waals surface area (Å²) in [5.41, 5.74) is 9.52. The molecule has 0 aliphatic carbocycles.